The molecule has 6 heteroatoms. The van der Waals surface area contributed by atoms with E-state index in [0.717, 1.165) is 35.5 Å². The van der Waals surface area contributed by atoms with E-state index >= 15 is 0 Å². The van der Waals surface area contributed by atoms with Gasteiger partial charge in [-0.15, -0.1) is 0 Å². The van der Waals surface area contributed by atoms with Crippen molar-refractivity contribution >= 4 is 11.7 Å². The molecule has 0 spiro atoms. The van der Waals surface area contributed by atoms with Gasteiger partial charge in [0, 0.05) is 11.7 Å². The van der Waals surface area contributed by atoms with E-state index in [9.17, 15) is 9.90 Å². The molecule has 2 aromatic carbocycles. The Morgan fingerprint density at radius 2 is 1.86 bits per heavy atom. The number of hydrogen-bond acceptors (Lipinski definition) is 3. The van der Waals surface area contributed by atoms with Gasteiger partial charge in [0.15, 0.2) is 0 Å². The van der Waals surface area contributed by atoms with Crippen LogP contribution in [0.4, 0.5) is 10.5 Å². The fourth-order valence-electron chi connectivity index (χ4n) is 3.14. The van der Waals surface area contributed by atoms with E-state index in [2.05, 4.69) is 15.7 Å². The number of amides is 2. The number of benzene rings is 2. The van der Waals surface area contributed by atoms with Crippen molar-refractivity contribution < 1.29 is 9.90 Å². The molecule has 6 nitrogen and oxygen atoms in total. The molecule has 0 aliphatic rings. The highest BCUT2D eigenvalue weighted by molar-refractivity contribution is 5.91. The van der Waals surface area contributed by atoms with Crippen LogP contribution in [0.1, 0.15) is 30.3 Å². The monoisotopic (exact) mass is 378 g/mol. The van der Waals surface area contributed by atoms with Crippen LogP contribution in [0.25, 0.3) is 5.69 Å². The van der Waals surface area contributed by atoms with E-state index in [1.54, 1.807) is 12.1 Å². The van der Waals surface area contributed by atoms with Crippen LogP contribution in [-0.2, 0) is 6.42 Å². The van der Waals surface area contributed by atoms with Gasteiger partial charge in [-0.05, 0) is 69.5 Å². The molecule has 1 atom stereocenters. The summed E-state index contributed by atoms with van der Waals surface area (Å²) >= 11 is 0. The molecule has 0 bridgehead atoms. The second kappa shape index (κ2) is 8.61. The number of aryl methyl sites for hydroxylation is 3. The number of urea groups is 1. The molecule has 28 heavy (non-hydrogen) atoms. The van der Waals surface area contributed by atoms with Gasteiger partial charge in [-0.2, -0.15) is 5.10 Å². The maximum absolute atomic E-state index is 12.5. The van der Waals surface area contributed by atoms with Crippen molar-refractivity contribution in [3.8, 4) is 11.4 Å². The van der Waals surface area contributed by atoms with Gasteiger partial charge in [0.1, 0.15) is 5.75 Å². The molecule has 3 rings (SSSR count). The van der Waals surface area contributed by atoms with Crippen LogP contribution in [-0.4, -0.2) is 27.0 Å². The molecule has 3 N–H and O–H groups in total. The molecule has 0 saturated carbocycles. The highest BCUT2D eigenvalue weighted by Crippen LogP contribution is 2.21. The Hall–Kier alpha value is -3.28. The van der Waals surface area contributed by atoms with E-state index < -0.39 is 0 Å². The van der Waals surface area contributed by atoms with Crippen LogP contribution < -0.4 is 10.6 Å². The first-order chi connectivity index (χ1) is 13.4. The maximum atomic E-state index is 12.5. The number of nitrogens with zero attached hydrogens (tertiary/aromatic N) is 2. The zero-order valence-corrected chi connectivity index (χ0v) is 16.4. The fourth-order valence-corrected chi connectivity index (χ4v) is 3.14. The third-order valence-electron chi connectivity index (χ3n) is 4.57. The highest BCUT2D eigenvalue weighted by Gasteiger charge is 2.12. The number of rotatable bonds is 6. The van der Waals surface area contributed by atoms with Crippen LogP contribution in [0, 0.1) is 13.8 Å². The molecular formula is C22H26N4O2. The first-order valence-electron chi connectivity index (χ1n) is 9.40. The number of carbonyl (C=O) groups is 1. The van der Waals surface area contributed by atoms with Gasteiger partial charge < -0.3 is 15.7 Å². The number of nitrogens with one attached hydrogen (secondary N) is 2. The molecule has 3 aromatic rings. The second-order valence-corrected chi connectivity index (χ2v) is 7.06. The lowest BCUT2D eigenvalue weighted by Crippen LogP contribution is -2.36. The SMILES string of the molecule is Cc1cc(C)n(-c2ccccc2NC(=O)NC(C)CCc2ccc(O)cc2)n1. The Labute approximate surface area is 165 Å². The van der Waals surface area contributed by atoms with Gasteiger partial charge in [0.2, 0.25) is 0 Å². The first kappa shape index (κ1) is 19.5. The Morgan fingerprint density at radius 1 is 1.14 bits per heavy atom. The Morgan fingerprint density at radius 3 is 2.54 bits per heavy atom. The minimum absolute atomic E-state index is 0.00893. The maximum Gasteiger partial charge on any atom is 0.319 e. The first-order valence-corrected chi connectivity index (χ1v) is 9.40. The number of phenolic OH excluding ortho intramolecular Hbond substituents is 1. The second-order valence-electron chi connectivity index (χ2n) is 7.06. The van der Waals surface area contributed by atoms with E-state index in [-0.39, 0.29) is 17.8 Å². The topological polar surface area (TPSA) is 79.2 Å². The number of phenols is 1. The number of aromatic nitrogens is 2. The summed E-state index contributed by atoms with van der Waals surface area (Å²) in [5, 5.41) is 19.8. The van der Waals surface area contributed by atoms with Crippen molar-refractivity contribution in [2.24, 2.45) is 0 Å². The van der Waals surface area contributed by atoms with Crippen molar-refractivity contribution in [1.29, 1.82) is 0 Å². The summed E-state index contributed by atoms with van der Waals surface area (Å²) in [6, 6.07) is 16.5. The van der Waals surface area contributed by atoms with Gasteiger partial charge in [-0.1, -0.05) is 24.3 Å². The number of hydrogen-bond donors (Lipinski definition) is 3. The van der Waals surface area contributed by atoms with E-state index in [0.29, 0.717) is 5.69 Å². The van der Waals surface area contributed by atoms with Crippen LogP contribution >= 0.6 is 0 Å². The largest absolute Gasteiger partial charge is 0.508 e. The number of para-hydroxylation sites is 2. The van der Waals surface area contributed by atoms with Crippen molar-refractivity contribution in [2.75, 3.05) is 5.32 Å². The molecule has 2 amide bonds. The van der Waals surface area contributed by atoms with E-state index in [4.69, 9.17) is 0 Å². The molecule has 0 saturated heterocycles. The average Bonchev–Trinajstić information content (AvgIpc) is 2.99. The normalized spacial score (nSPS) is 11.8. The third kappa shape index (κ3) is 4.91. The summed E-state index contributed by atoms with van der Waals surface area (Å²) in [5.74, 6) is 0.260. The molecular weight excluding hydrogens is 352 g/mol. The zero-order chi connectivity index (χ0) is 20.1. The van der Waals surface area contributed by atoms with Gasteiger partial charge in [0.05, 0.1) is 17.1 Å². The minimum atomic E-state index is -0.243. The van der Waals surface area contributed by atoms with Crippen LogP contribution in [0.5, 0.6) is 5.75 Å². The third-order valence-corrected chi connectivity index (χ3v) is 4.57. The molecule has 0 aliphatic heterocycles. The van der Waals surface area contributed by atoms with E-state index in [1.165, 1.54) is 0 Å². The molecule has 1 unspecified atom stereocenters. The summed E-state index contributed by atoms with van der Waals surface area (Å²) in [7, 11) is 0. The number of carbonyl (C=O) groups excluding carboxylic acids is 1. The van der Waals surface area contributed by atoms with Crippen LogP contribution in [0.3, 0.4) is 0 Å². The summed E-state index contributed by atoms with van der Waals surface area (Å²) in [6.07, 6.45) is 1.63. The van der Waals surface area contributed by atoms with Crippen molar-refractivity contribution in [3.63, 3.8) is 0 Å². The lowest BCUT2D eigenvalue weighted by molar-refractivity contribution is 0.248. The van der Waals surface area contributed by atoms with Crippen LogP contribution in [0.2, 0.25) is 0 Å². The average molecular weight is 378 g/mol. The Bertz CT molecular complexity index is 947. The summed E-state index contributed by atoms with van der Waals surface area (Å²) in [4.78, 5) is 12.5. The van der Waals surface area contributed by atoms with Crippen molar-refractivity contribution in [2.45, 2.75) is 39.7 Å². The zero-order valence-electron chi connectivity index (χ0n) is 16.4. The smallest absolute Gasteiger partial charge is 0.319 e. The molecule has 146 valence electrons. The van der Waals surface area contributed by atoms with Gasteiger partial charge in [-0.25, -0.2) is 9.48 Å². The molecule has 0 aliphatic carbocycles. The Kier molecular flexibility index (Phi) is 5.99. The summed E-state index contributed by atoms with van der Waals surface area (Å²) in [6.45, 7) is 5.91. The van der Waals surface area contributed by atoms with Crippen molar-refractivity contribution in [3.05, 3.63) is 71.5 Å². The van der Waals surface area contributed by atoms with Gasteiger partial charge in [0.25, 0.3) is 0 Å². The summed E-state index contributed by atoms with van der Waals surface area (Å²) in [5.41, 5.74) is 4.60. The van der Waals surface area contributed by atoms with E-state index in [1.807, 2.05) is 67.9 Å². The quantitative estimate of drug-likeness (QED) is 0.597. The van der Waals surface area contributed by atoms with Gasteiger partial charge in [-0.3, -0.25) is 0 Å². The minimum Gasteiger partial charge on any atom is -0.508 e. The predicted octanol–water partition coefficient (Wildman–Crippen LogP) is 4.34. The molecule has 0 radical (unpaired) electrons. The molecule has 1 aromatic heterocycles. The Balaban J connectivity index is 1.60. The molecule has 0 fully saturated rings. The predicted molar refractivity (Wildman–Crippen MR) is 111 cm³/mol. The number of anilines is 1. The fraction of sp³-hybridized carbons (Fsp3) is 0.273. The molecule has 1 heterocycles. The lowest BCUT2D eigenvalue weighted by atomic mass is 10.1. The number of aromatic hydroxyl groups is 1. The highest BCUT2D eigenvalue weighted by atomic mass is 16.3. The van der Waals surface area contributed by atoms with Crippen LogP contribution in [0.15, 0.2) is 54.6 Å². The summed E-state index contributed by atoms with van der Waals surface area (Å²) < 4.78 is 1.83. The lowest BCUT2D eigenvalue weighted by Gasteiger charge is -2.17. The van der Waals surface area contributed by atoms with Crippen molar-refractivity contribution in [1.82, 2.24) is 15.1 Å². The van der Waals surface area contributed by atoms with Gasteiger partial charge >= 0.3 is 6.03 Å². The standard InChI is InChI=1S/C22H26N4O2/c1-15(8-9-18-10-12-19(27)13-11-18)23-22(28)24-20-6-4-5-7-21(20)26-17(3)14-16(2)25-26/h4-7,10-15,27H,8-9H2,1-3H3,(H2,23,24,28).